The molecule has 0 aliphatic rings. The van der Waals surface area contributed by atoms with Crippen LogP contribution in [0.1, 0.15) is 6.42 Å². The van der Waals surface area contributed by atoms with Gasteiger partial charge in [-0.05, 0) is 30.5 Å². The Labute approximate surface area is 143 Å². The molecule has 3 rings (SSSR count). The van der Waals surface area contributed by atoms with E-state index in [4.69, 9.17) is 0 Å². The maximum absolute atomic E-state index is 12.1. The van der Waals surface area contributed by atoms with Gasteiger partial charge in [0.25, 0.3) is 0 Å². The van der Waals surface area contributed by atoms with Gasteiger partial charge in [-0.25, -0.2) is 4.98 Å². The number of fused-ring (bicyclic) bond motifs is 1. The molecule has 3 aromatic rings. The standard InChI is InChI=1S/C17H17N3OS2/c1-22-15-9-5-4-8-14(15)18-16(21)10-11-23-17-19-12-6-2-3-7-13(12)20-17/h2-9H,10-11H2,1H3,(H,18,21)(H,19,20). The Morgan fingerprint density at radius 2 is 1.96 bits per heavy atom. The molecule has 118 valence electrons. The Morgan fingerprint density at radius 1 is 1.17 bits per heavy atom. The summed E-state index contributed by atoms with van der Waals surface area (Å²) < 4.78 is 0. The summed E-state index contributed by atoms with van der Waals surface area (Å²) in [7, 11) is 0. The molecule has 0 atom stereocenters. The molecule has 0 unspecified atom stereocenters. The Kier molecular flexibility index (Phi) is 5.25. The molecule has 0 saturated heterocycles. The van der Waals surface area contributed by atoms with Crippen molar-refractivity contribution in [3.05, 3.63) is 48.5 Å². The molecule has 2 N–H and O–H groups in total. The highest BCUT2D eigenvalue weighted by molar-refractivity contribution is 7.99. The van der Waals surface area contributed by atoms with Crippen molar-refractivity contribution in [2.24, 2.45) is 0 Å². The Balaban J connectivity index is 1.53. The number of hydrogen-bond donors (Lipinski definition) is 2. The number of aromatic amines is 1. The van der Waals surface area contributed by atoms with E-state index in [1.54, 1.807) is 23.5 Å². The van der Waals surface area contributed by atoms with Crippen LogP contribution in [0.5, 0.6) is 0 Å². The van der Waals surface area contributed by atoms with Crippen molar-refractivity contribution in [1.29, 1.82) is 0 Å². The van der Waals surface area contributed by atoms with Gasteiger partial charge in [0.2, 0.25) is 5.91 Å². The van der Waals surface area contributed by atoms with Gasteiger partial charge in [0.05, 0.1) is 16.7 Å². The van der Waals surface area contributed by atoms with E-state index in [1.165, 1.54) is 0 Å². The molecule has 1 amide bonds. The van der Waals surface area contributed by atoms with E-state index in [-0.39, 0.29) is 5.91 Å². The van der Waals surface area contributed by atoms with Crippen LogP contribution in [0.25, 0.3) is 11.0 Å². The summed E-state index contributed by atoms with van der Waals surface area (Å²) in [5.41, 5.74) is 2.85. The third-order valence-electron chi connectivity index (χ3n) is 3.32. The lowest BCUT2D eigenvalue weighted by Crippen LogP contribution is -2.12. The number of carbonyl (C=O) groups excluding carboxylic acids is 1. The quantitative estimate of drug-likeness (QED) is 0.651. The molecule has 4 nitrogen and oxygen atoms in total. The first-order valence-corrected chi connectivity index (χ1v) is 9.48. The van der Waals surface area contributed by atoms with Crippen molar-refractivity contribution in [3.8, 4) is 0 Å². The number of H-pyrrole nitrogens is 1. The smallest absolute Gasteiger partial charge is 0.225 e. The molecule has 1 heterocycles. The van der Waals surface area contributed by atoms with Crippen LogP contribution in [0.2, 0.25) is 0 Å². The molecule has 0 bridgehead atoms. The second kappa shape index (κ2) is 7.57. The maximum Gasteiger partial charge on any atom is 0.225 e. The molecule has 0 aliphatic heterocycles. The van der Waals surface area contributed by atoms with E-state index in [0.717, 1.165) is 26.8 Å². The van der Waals surface area contributed by atoms with Crippen molar-refractivity contribution < 1.29 is 4.79 Å². The summed E-state index contributed by atoms with van der Waals surface area (Å²) in [6, 6.07) is 15.7. The normalized spacial score (nSPS) is 10.8. The summed E-state index contributed by atoms with van der Waals surface area (Å²) in [5.74, 6) is 0.711. The van der Waals surface area contributed by atoms with Crippen LogP contribution >= 0.6 is 23.5 Å². The van der Waals surface area contributed by atoms with Gasteiger partial charge in [0, 0.05) is 17.1 Å². The first-order valence-electron chi connectivity index (χ1n) is 7.26. The minimum atomic E-state index is 0.0233. The van der Waals surface area contributed by atoms with Crippen molar-refractivity contribution in [3.63, 3.8) is 0 Å². The number of hydrogen-bond acceptors (Lipinski definition) is 4. The number of amides is 1. The molecule has 6 heteroatoms. The average Bonchev–Trinajstić information content (AvgIpc) is 2.98. The van der Waals surface area contributed by atoms with E-state index in [9.17, 15) is 4.79 Å². The van der Waals surface area contributed by atoms with Crippen LogP contribution in [-0.4, -0.2) is 27.9 Å². The predicted molar refractivity (Wildman–Crippen MR) is 98.3 cm³/mol. The third-order valence-corrected chi connectivity index (χ3v) is 4.99. The largest absolute Gasteiger partial charge is 0.333 e. The Hall–Kier alpha value is -1.92. The highest BCUT2D eigenvalue weighted by Crippen LogP contribution is 2.25. The fraction of sp³-hybridized carbons (Fsp3) is 0.176. The van der Waals surface area contributed by atoms with E-state index in [2.05, 4.69) is 15.3 Å². The number of nitrogens with one attached hydrogen (secondary N) is 2. The summed E-state index contributed by atoms with van der Waals surface area (Å²) in [4.78, 5) is 20.9. The summed E-state index contributed by atoms with van der Waals surface area (Å²) in [6.45, 7) is 0. The molecule has 1 aromatic heterocycles. The number of aromatic nitrogens is 2. The number of thioether (sulfide) groups is 2. The monoisotopic (exact) mass is 343 g/mol. The van der Waals surface area contributed by atoms with E-state index in [1.807, 2.05) is 54.8 Å². The molecule has 2 aromatic carbocycles. The lowest BCUT2D eigenvalue weighted by molar-refractivity contribution is -0.115. The second-order valence-corrected chi connectivity index (χ2v) is 6.84. The topological polar surface area (TPSA) is 57.8 Å². The maximum atomic E-state index is 12.1. The highest BCUT2D eigenvalue weighted by atomic mass is 32.2. The Morgan fingerprint density at radius 3 is 2.78 bits per heavy atom. The van der Waals surface area contributed by atoms with Crippen molar-refractivity contribution in [2.75, 3.05) is 17.3 Å². The van der Waals surface area contributed by atoms with Crippen LogP contribution in [0, 0.1) is 0 Å². The van der Waals surface area contributed by atoms with Gasteiger partial charge >= 0.3 is 0 Å². The number of para-hydroxylation sites is 3. The minimum Gasteiger partial charge on any atom is -0.333 e. The van der Waals surface area contributed by atoms with Gasteiger partial charge in [0.15, 0.2) is 5.16 Å². The molecular formula is C17H17N3OS2. The zero-order valence-electron chi connectivity index (χ0n) is 12.7. The molecule has 0 saturated carbocycles. The van der Waals surface area contributed by atoms with E-state index < -0.39 is 0 Å². The van der Waals surface area contributed by atoms with Gasteiger partial charge in [-0.1, -0.05) is 36.0 Å². The van der Waals surface area contributed by atoms with E-state index >= 15 is 0 Å². The van der Waals surface area contributed by atoms with Crippen LogP contribution < -0.4 is 5.32 Å². The molecule has 0 radical (unpaired) electrons. The van der Waals surface area contributed by atoms with Gasteiger partial charge in [-0.2, -0.15) is 0 Å². The fourth-order valence-electron chi connectivity index (χ4n) is 2.20. The van der Waals surface area contributed by atoms with Gasteiger partial charge in [0.1, 0.15) is 0 Å². The number of benzene rings is 2. The third kappa shape index (κ3) is 4.09. The van der Waals surface area contributed by atoms with Crippen LogP contribution in [0.3, 0.4) is 0 Å². The molecule has 0 spiro atoms. The number of carbonyl (C=O) groups is 1. The number of rotatable bonds is 6. The highest BCUT2D eigenvalue weighted by Gasteiger charge is 2.08. The molecule has 0 fully saturated rings. The minimum absolute atomic E-state index is 0.0233. The van der Waals surface area contributed by atoms with Gasteiger partial charge in [-0.3, -0.25) is 4.79 Å². The molecule has 0 aliphatic carbocycles. The zero-order valence-corrected chi connectivity index (χ0v) is 14.3. The fourth-order valence-corrected chi connectivity index (χ4v) is 3.58. The van der Waals surface area contributed by atoms with Crippen LogP contribution in [-0.2, 0) is 4.79 Å². The lowest BCUT2D eigenvalue weighted by Gasteiger charge is -2.08. The average molecular weight is 343 g/mol. The summed E-state index contributed by atoms with van der Waals surface area (Å²) in [5, 5.41) is 3.82. The SMILES string of the molecule is CSc1ccccc1NC(=O)CCSc1nc2ccccc2[nH]1. The number of nitrogens with zero attached hydrogens (tertiary/aromatic N) is 1. The lowest BCUT2D eigenvalue weighted by atomic mass is 10.3. The van der Waals surface area contributed by atoms with Crippen LogP contribution in [0.4, 0.5) is 5.69 Å². The second-order valence-electron chi connectivity index (χ2n) is 4.91. The zero-order chi connectivity index (χ0) is 16.1. The number of anilines is 1. The van der Waals surface area contributed by atoms with Gasteiger partial charge in [-0.15, -0.1) is 11.8 Å². The van der Waals surface area contributed by atoms with Crippen molar-refractivity contribution in [1.82, 2.24) is 9.97 Å². The first kappa shape index (κ1) is 16.0. The molecule has 23 heavy (non-hydrogen) atoms. The van der Waals surface area contributed by atoms with Gasteiger partial charge < -0.3 is 10.3 Å². The van der Waals surface area contributed by atoms with Crippen molar-refractivity contribution in [2.45, 2.75) is 16.5 Å². The summed E-state index contributed by atoms with van der Waals surface area (Å²) >= 11 is 3.19. The van der Waals surface area contributed by atoms with Crippen LogP contribution in [0.15, 0.2) is 58.6 Å². The predicted octanol–water partition coefficient (Wildman–Crippen LogP) is 4.41. The Bertz CT molecular complexity index is 783. The molecular weight excluding hydrogens is 326 g/mol. The summed E-state index contributed by atoms with van der Waals surface area (Å²) in [6.07, 6.45) is 2.45. The first-order chi connectivity index (χ1) is 11.3. The number of imidazole rings is 1. The van der Waals surface area contributed by atoms with Crippen molar-refractivity contribution >= 4 is 46.2 Å². The van der Waals surface area contributed by atoms with E-state index in [0.29, 0.717) is 12.2 Å².